The summed E-state index contributed by atoms with van der Waals surface area (Å²) in [5.74, 6) is 0.330. The highest BCUT2D eigenvalue weighted by molar-refractivity contribution is 6.29. The Kier molecular flexibility index (Phi) is 6.00. The first-order valence-corrected chi connectivity index (χ1v) is 11.0. The van der Waals surface area contributed by atoms with Gasteiger partial charge in [0.2, 0.25) is 0 Å². The number of nitrogens with zero attached hydrogens (tertiary/aromatic N) is 3. The second-order valence-corrected chi connectivity index (χ2v) is 9.09. The van der Waals surface area contributed by atoms with Gasteiger partial charge < -0.3 is 21.1 Å². The van der Waals surface area contributed by atoms with E-state index < -0.39 is 0 Å². The van der Waals surface area contributed by atoms with E-state index >= 15 is 0 Å². The van der Waals surface area contributed by atoms with E-state index in [1.165, 1.54) is 6.20 Å². The number of rotatable bonds is 5. The number of aromatic nitrogens is 2. The van der Waals surface area contributed by atoms with Gasteiger partial charge >= 0.3 is 6.09 Å². The van der Waals surface area contributed by atoms with Crippen molar-refractivity contribution in [2.24, 2.45) is 17.4 Å². The summed E-state index contributed by atoms with van der Waals surface area (Å²) in [4.78, 5) is 17.0. The Morgan fingerprint density at radius 2 is 2.06 bits per heavy atom. The van der Waals surface area contributed by atoms with Crippen molar-refractivity contribution in [1.82, 2.24) is 9.42 Å². The minimum Gasteiger partial charge on any atom is -0.449 e. The molecule has 1 amide bonds. The molecule has 166 valence electrons. The second kappa shape index (κ2) is 8.70. The molecule has 4 rings (SSSR count). The van der Waals surface area contributed by atoms with E-state index in [1.54, 1.807) is 6.08 Å². The Morgan fingerprint density at radius 1 is 1.35 bits per heavy atom. The number of allylic oxidation sites excluding steroid dienone is 2. The molecule has 0 aromatic carbocycles. The maximum atomic E-state index is 12.6. The number of nitrogens with one attached hydrogen (secondary N) is 1. The van der Waals surface area contributed by atoms with Crippen LogP contribution in [0.25, 0.3) is 11.1 Å². The summed E-state index contributed by atoms with van der Waals surface area (Å²) in [6, 6.07) is 4.46. The summed E-state index contributed by atoms with van der Waals surface area (Å²) in [5.41, 5.74) is 15.2. The molecule has 2 aromatic rings. The molecule has 2 atom stereocenters. The lowest BCUT2D eigenvalue weighted by atomic mass is 10.1. The molecule has 0 saturated carbocycles. The standard InChI is InChI=1S/C22H29ClN6O2/c1-14(2)13-31-22(30)29-17-3-4-18(29)12-27(11-17)19-5-6-26-28-10-16(7-20(19)28)15(9-24)8-21(23)25/h5-10,14,17-18H,3-4,11-13,24-25H2,1-2H3/p+1/b15-9+,21-8-. The number of halogens is 1. The van der Waals surface area contributed by atoms with Crippen molar-refractivity contribution in [3.8, 4) is 0 Å². The maximum Gasteiger partial charge on any atom is 0.410 e. The molecule has 0 spiro atoms. The van der Waals surface area contributed by atoms with E-state index in [0.717, 1.165) is 48.3 Å². The van der Waals surface area contributed by atoms with Gasteiger partial charge in [-0.3, -0.25) is 4.90 Å². The number of H-pyrrole nitrogens is 1. The van der Waals surface area contributed by atoms with Crippen molar-refractivity contribution in [2.45, 2.75) is 38.8 Å². The topological polar surface area (TPSA) is 103 Å². The molecule has 9 heteroatoms. The Hall–Kier alpha value is -2.87. The quantitative estimate of drug-likeness (QED) is 0.543. The van der Waals surface area contributed by atoms with Gasteiger partial charge in [-0.25, -0.2) is 4.79 Å². The third-order valence-electron chi connectivity index (χ3n) is 5.92. The van der Waals surface area contributed by atoms with Gasteiger partial charge in [-0.1, -0.05) is 25.4 Å². The van der Waals surface area contributed by atoms with Crippen molar-refractivity contribution in [2.75, 3.05) is 24.6 Å². The van der Waals surface area contributed by atoms with Crippen molar-refractivity contribution < 1.29 is 14.6 Å². The summed E-state index contributed by atoms with van der Waals surface area (Å²) >= 11 is 5.85. The zero-order valence-electron chi connectivity index (χ0n) is 17.9. The van der Waals surface area contributed by atoms with E-state index in [0.29, 0.717) is 12.5 Å². The Labute approximate surface area is 187 Å². The molecule has 4 heterocycles. The largest absolute Gasteiger partial charge is 0.449 e. The monoisotopic (exact) mass is 445 g/mol. The zero-order chi connectivity index (χ0) is 22.1. The van der Waals surface area contributed by atoms with Gasteiger partial charge in [0.05, 0.1) is 35.7 Å². The van der Waals surface area contributed by atoms with Gasteiger partial charge in [-0.15, -0.1) is 9.61 Å². The molecule has 2 bridgehead atoms. The van der Waals surface area contributed by atoms with Gasteiger partial charge in [-0.05, 0) is 30.9 Å². The van der Waals surface area contributed by atoms with Crippen LogP contribution in [-0.4, -0.2) is 47.3 Å². The number of fused-ring (bicyclic) bond motifs is 3. The van der Waals surface area contributed by atoms with Crippen LogP contribution in [0.4, 0.5) is 10.5 Å². The number of amides is 1. The molecule has 8 nitrogen and oxygen atoms in total. The van der Waals surface area contributed by atoms with Crippen LogP contribution in [0.1, 0.15) is 32.3 Å². The first-order chi connectivity index (χ1) is 14.9. The number of hydrogen-bond acceptors (Lipinski definition) is 5. The molecule has 0 radical (unpaired) electrons. The fourth-order valence-electron chi connectivity index (χ4n) is 4.56. The van der Waals surface area contributed by atoms with E-state index in [4.69, 9.17) is 27.8 Å². The highest BCUT2D eigenvalue weighted by Crippen LogP contribution is 2.35. The minimum absolute atomic E-state index is 0.163. The smallest absolute Gasteiger partial charge is 0.410 e. The second-order valence-electron chi connectivity index (χ2n) is 8.65. The number of hydrogen-bond donors (Lipinski definition) is 2. The van der Waals surface area contributed by atoms with Crippen LogP contribution in [0.3, 0.4) is 0 Å². The minimum atomic E-state index is -0.180. The van der Waals surface area contributed by atoms with Crippen LogP contribution in [0.5, 0.6) is 0 Å². The first-order valence-electron chi connectivity index (χ1n) is 10.6. The lowest BCUT2D eigenvalue weighted by Crippen LogP contribution is -2.56. The van der Waals surface area contributed by atoms with Crippen molar-refractivity contribution >= 4 is 34.5 Å². The summed E-state index contributed by atoms with van der Waals surface area (Å²) in [7, 11) is 0. The van der Waals surface area contributed by atoms with E-state index in [-0.39, 0.29) is 23.3 Å². The number of nitrogens with two attached hydrogens (primary N) is 2. The zero-order valence-corrected chi connectivity index (χ0v) is 18.7. The fraction of sp³-hybridized carbons (Fsp3) is 0.455. The lowest BCUT2D eigenvalue weighted by Gasteiger charge is -2.41. The van der Waals surface area contributed by atoms with Crippen LogP contribution in [0.2, 0.25) is 0 Å². The number of carbonyl (C=O) groups is 1. The predicted molar refractivity (Wildman–Crippen MR) is 121 cm³/mol. The van der Waals surface area contributed by atoms with E-state index in [1.807, 2.05) is 35.7 Å². The third-order valence-corrected chi connectivity index (χ3v) is 6.03. The summed E-state index contributed by atoms with van der Waals surface area (Å²) in [6.45, 7) is 6.11. The normalized spacial score (nSPS) is 21.9. The summed E-state index contributed by atoms with van der Waals surface area (Å²) in [5, 5.41) is 3.40. The molecular formula is C22H30ClN6O2+. The molecule has 2 unspecified atom stereocenters. The Bertz CT molecular complexity index is 1010. The average molecular weight is 446 g/mol. The van der Waals surface area contributed by atoms with Gasteiger partial charge in [0.1, 0.15) is 5.52 Å². The molecule has 2 fully saturated rings. The first kappa shape index (κ1) is 21.4. The highest BCUT2D eigenvalue weighted by Gasteiger charge is 2.44. The summed E-state index contributed by atoms with van der Waals surface area (Å²) in [6.07, 6.45) is 8.82. The van der Waals surface area contributed by atoms with Gasteiger partial charge in [-0.2, -0.15) is 0 Å². The summed E-state index contributed by atoms with van der Waals surface area (Å²) < 4.78 is 7.48. The molecule has 5 N–H and O–H groups in total. The number of aromatic amines is 1. The highest BCUT2D eigenvalue weighted by atomic mass is 35.5. The fourth-order valence-corrected chi connectivity index (χ4v) is 4.68. The number of piperazine rings is 1. The van der Waals surface area contributed by atoms with E-state index in [9.17, 15) is 4.79 Å². The Morgan fingerprint density at radius 3 is 2.68 bits per heavy atom. The van der Waals surface area contributed by atoms with Crippen LogP contribution in [0.15, 0.2) is 42.0 Å². The van der Waals surface area contributed by atoms with Crippen LogP contribution in [0, 0.1) is 5.92 Å². The van der Waals surface area contributed by atoms with E-state index in [2.05, 4.69) is 22.1 Å². The molecule has 31 heavy (non-hydrogen) atoms. The third kappa shape index (κ3) is 4.30. The lowest BCUT2D eigenvalue weighted by molar-refractivity contribution is -0.469. The molecule has 2 aliphatic rings. The SMILES string of the molecule is CC(C)COC(=O)N1C2CCC1CN(c1cc[nH+]n3cc(C(/C=C(\N)Cl)=C/N)cc13)C2. The molecule has 2 saturated heterocycles. The molecule has 0 aliphatic carbocycles. The Balaban J connectivity index is 1.58. The molecule has 2 aromatic heterocycles. The van der Waals surface area contributed by atoms with Gasteiger partial charge in [0, 0.05) is 36.5 Å². The maximum absolute atomic E-state index is 12.6. The van der Waals surface area contributed by atoms with Crippen LogP contribution >= 0.6 is 11.6 Å². The van der Waals surface area contributed by atoms with Gasteiger partial charge in [0.15, 0.2) is 6.20 Å². The number of anilines is 1. The molecular weight excluding hydrogens is 416 g/mol. The van der Waals surface area contributed by atoms with Crippen molar-refractivity contribution in [3.05, 3.63) is 47.5 Å². The predicted octanol–water partition coefficient (Wildman–Crippen LogP) is 2.54. The average Bonchev–Trinajstić information content (AvgIpc) is 3.28. The van der Waals surface area contributed by atoms with Crippen molar-refractivity contribution in [1.29, 1.82) is 0 Å². The number of ether oxygens (including phenoxy) is 1. The van der Waals surface area contributed by atoms with Gasteiger partial charge in [0.25, 0.3) is 0 Å². The van der Waals surface area contributed by atoms with Crippen molar-refractivity contribution in [3.63, 3.8) is 0 Å². The van der Waals surface area contributed by atoms with Crippen LogP contribution in [-0.2, 0) is 4.74 Å². The van der Waals surface area contributed by atoms with Crippen LogP contribution < -0.4 is 21.5 Å². The molecule has 2 aliphatic heterocycles. The number of carbonyl (C=O) groups excluding carboxylic acids is 1.